The Kier molecular flexibility index (Phi) is 7.04. The second-order valence-corrected chi connectivity index (χ2v) is 9.79. The number of fused-ring (bicyclic) bond motifs is 1. The molecule has 3 fully saturated rings. The maximum atomic E-state index is 13.1. The van der Waals surface area contributed by atoms with Crippen LogP contribution in [0.5, 0.6) is 5.75 Å². The maximum Gasteiger partial charge on any atom is 0.254 e. The summed E-state index contributed by atoms with van der Waals surface area (Å²) < 4.78 is 5.89. The molecule has 2 N–H and O–H groups in total. The number of rotatable bonds is 5. The molecular weight excluding hydrogens is 452 g/mol. The van der Waals surface area contributed by atoms with Crippen LogP contribution >= 0.6 is 11.6 Å². The number of carbonyl (C=O) groups excluding carboxylic acids is 2. The van der Waals surface area contributed by atoms with Crippen molar-refractivity contribution in [2.75, 3.05) is 26.2 Å². The van der Waals surface area contributed by atoms with Crippen LogP contribution in [-0.2, 0) is 11.4 Å². The summed E-state index contributed by atoms with van der Waals surface area (Å²) in [7, 11) is 0. The highest BCUT2D eigenvalue weighted by atomic mass is 35.5. The number of nitrogens with one attached hydrogen (secondary N) is 2. The fourth-order valence-electron chi connectivity index (χ4n) is 5.21. The summed E-state index contributed by atoms with van der Waals surface area (Å²) in [5.41, 5.74) is 1.59. The number of hydrogen-bond acceptors (Lipinski definition) is 5. The van der Waals surface area contributed by atoms with Gasteiger partial charge in [-0.25, -0.2) is 0 Å². The highest BCUT2D eigenvalue weighted by molar-refractivity contribution is 6.30. The molecule has 0 radical (unpaired) electrons. The second kappa shape index (κ2) is 10.3. The van der Waals surface area contributed by atoms with Gasteiger partial charge in [0.25, 0.3) is 5.91 Å². The summed E-state index contributed by atoms with van der Waals surface area (Å²) in [5, 5.41) is 7.45. The SMILES string of the molecule is O=C1NC(N2CCN(C(=O)c3cccc(OCc4cccc(Cl)c4)c3)CC2)NC2CCCCC12. The predicted octanol–water partition coefficient (Wildman–Crippen LogP) is 3.24. The Labute approximate surface area is 205 Å². The molecule has 1 aliphatic carbocycles. The largest absolute Gasteiger partial charge is 0.489 e. The molecule has 8 heteroatoms. The first-order chi connectivity index (χ1) is 16.6. The number of amides is 2. The van der Waals surface area contributed by atoms with Gasteiger partial charge in [0.15, 0.2) is 0 Å². The minimum atomic E-state index is -0.146. The first-order valence-electron chi connectivity index (χ1n) is 12.1. The highest BCUT2D eigenvalue weighted by Crippen LogP contribution is 2.28. The van der Waals surface area contributed by atoms with Crippen molar-refractivity contribution in [3.05, 3.63) is 64.7 Å². The van der Waals surface area contributed by atoms with Gasteiger partial charge in [-0.1, -0.05) is 42.6 Å². The van der Waals surface area contributed by atoms with Crippen LogP contribution < -0.4 is 15.4 Å². The average molecular weight is 483 g/mol. The molecule has 2 amide bonds. The van der Waals surface area contributed by atoms with E-state index in [-0.39, 0.29) is 30.1 Å². The van der Waals surface area contributed by atoms with Gasteiger partial charge < -0.3 is 15.0 Å². The molecule has 2 saturated heterocycles. The molecule has 180 valence electrons. The molecule has 2 aromatic rings. The quantitative estimate of drug-likeness (QED) is 0.684. The standard InChI is InChI=1S/C26H31ClN4O3/c27-20-7-3-5-18(15-20)17-34-21-8-4-6-19(16-21)25(33)30-11-13-31(14-12-30)26-28-23-10-2-1-9-22(23)24(32)29-26/h3-8,15-16,22-23,26,28H,1-2,9-14,17H2,(H,29,32). The first kappa shape index (κ1) is 23.1. The van der Waals surface area contributed by atoms with E-state index in [1.807, 2.05) is 47.4 Å². The van der Waals surface area contributed by atoms with Crippen molar-refractivity contribution < 1.29 is 14.3 Å². The van der Waals surface area contributed by atoms with Crippen molar-refractivity contribution >= 4 is 23.4 Å². The number of ether oxygens (including phenoxy) is 1. The van der Waals surface area contributed by atoms with Crippen molar-refractivity contribution in [1.29, 1.82) is 0 Å². The summed E-state index contributed by atoms with van der Waals surface area (Å²) in [6.07, 6.45) is 4.20. The first-order valence-corrected chi connectivity index (χ1v) is 12.5. The van der Waals surface area contributed by atoms with E-state index in [0.717, 1.165) is 24.8 Å². The number of carbonyl (C=O) groups is 2. The van der Waals surface area contributed by atoms with Crippen molar-refractivity contribution in [2.24, 2.45) is 5.92 Å². The van der Waals surface area contributed by atoms with Crippen molar-refractivity contribution in [2.45, 2.75) is 44.6 Å². The number of benzene rings is 2. The number of halogens is 1. The molecule has 0 bridgehead atoms. The lowest BCUT2D eigenvalue weighted by Gasteiger charge is -2.46. The summed E-state index contributed by atoms with van der Waals surface area (Å²) in [6, 6.07) is 15.1. The number of piperazine rings is 1. The van der Waals surface area contributed by atoms with E-state index in [2.05, 4.69) is 15.5 Å². The van der Waals surface area contributed by atoms with Crippen molar-refractivity contribution in [1.82, 2.24) is 20.4 Å². The summed E-state index contributed by atoms with van der Waals surface area (Å²) >= 11 is 6.04. The molecule has 0 spiro atoms. The lowest BCUT2D eigenvalue weighted by atomic mass is 9.82. The van der Waals surface area contributed by atoms with E-state index in [4.69, 9.17) is 16.3 Å². The van der Waals surface area contributed by atoms with E-state index in [1.165, 1.54) is 6.42 Å². The Morgan fingerprint density at radius 1 is 1.03 bits per heavy atom. The molecule has 3 unspecified atom stereocenters. The fraction of sp³-hybridized carbons (Fsp3) is 0.462. The van der Waals surface area contributed by atoms with E-state index < -0.39 is 0 Å². The van der Waals surface area contributed by atoms with Crippen LogP contribution in [0.1, 0.15) is 41.6 Å². The van der Waals surface area contributed by atoms with Gasteiger partial charge >= 0.3 is 0 Å². The number of hydrogen-bond donors (Lipinski definition) is 2. The zero-order chi connectivity index (χ0) is 23.5. The van der Waals surface area contributed by atoms with Gasteiger partial charge in [0, 0.05) is 42.8 Å². The normalized spacial score (nSPS) is 25.4. The van der Waals surface area contributed by atoms with Gasteiger partial charge in [-0.3, -0.25) is 19.8 Å². The zero-order valence-corrected chi connectivity index (χ0v) is 20.0. The smallest absolute Gasteiger partial charge is 0.254 e. The Morgan fingerprint density at radius 3 is 2.65 bits per heavy atom. The minimum absolute atomic E-state index is 0.000777. The van der Waals surface area contributed by atoms with Crippen LogP contribution in [0.15, 0.2) is 48.5 Å². The Hall–Kier alpha value is -2.61. The van der Waals surface area contributed by atoms with Crippen LogP contribution in [0, 0.1) is 5.92 Å². The molecule has 2 aromatic carbocycles. The molecule has 1 saturated carbocycles. The Morgan fingerprint density at radius 2 is 1.82 bits per heavy atom. The van der Waals surface area contributed by atoms with Crippen molar-refractivity contribution in [3.63, 3.8) is 0 Å². The molecule has 3 aliphatic rings. The molecule has 2 aliphatic heterocycles. The van der Waals surface area contributed by atoms with E-state index >= 15 is 0 Å². The molecule has 5 rings (SSSR count). The average Bonchev–Trinajstić information content (AvgIpc) is 2.87. The predicted molar refractivity (Wildman–Crippen MR) is 131 cm³/mol. The lowest BCUT2D eigenvalue weighted by molar-refractivity contribution is -0.134. The van der Waals surface area contributed by atoms with Gasteiger partial charge in [-0.05, 0) is 48.7 Å². The van der Waals surface area contributed by atoms with Crippen LogP contribution in [0.25, 0.3) is 0 Å². The second-order valence-electron chi connectivity index (χ2n) is 9.35. The van der Waals surface area contributed by atoms with Gasteiger partial charge in [-0.15, -0.1) is 0 Å². The molecule has 7 nitrogen and oxygen atoms in total. The van der Waals surface area contributed by atoms with Gasteiger partial charge in [0.2, 0.25) is 5.91 Å². The third-order valence-electron chi connectivity index (χ3n) is 7.10. The Bertz CT molecular complexity index is 1040. The topological polar surface area (TPSA) is 73.9 Å². The molecule has 0 aromatic heterocycles. The molecule has 3 atom stereocenters. The van der Waals surface area contributed by atoms with Crippen LogP contribution in [-0.4, -0.2) is 60.1 Å². The minimum Gasteiger partial charge on any atom is -0.489 e. The summed E-state index contributed by atoms with van der Waals surface area (Å²) in [4.78, 5) is 29.8. The number of nitrogens with zero attached hydrogens (tertiary/aromatic N) is 2. The van der Waals surface area contributed by atoms with Gasteiger partial charge in [-0.2, -0.15) is 0 Å². The van der Waals surface area contributed by atoms with Crippen LogP contribution in [0.4, 0.5) is 0 Å². The monoisotopic (exact) mass is 482 g/mol. The van der Waals surface area contributed by atoms with E-state index in [9.17, 15) is 9.59 Å². The molecular formula is C26H31ClN4O3. The summed E-state index contributed by atoms with van der Waals surface area (Å²) in [5.74, 6) is 0.921. The zero-order valence-electron chi connectivity index (χ0n) is 19.2. The van der Waals surface area contributed by atoms with E-state index in [1.54, 1.807) is 6.07 Å². The van der Waals surface area contributed by atoms with Crippen molar-refractivity contribution in [3.8, 4) is 5.75 Å². The third-order valence-corrected chi connectivity index (χ3v) is 7.33. The van der Waals surface area contributed by atoms with E-state index in [0.29, 0.717) is 49.1 Å². The fourth-order valence-corrected chi connectivity index (χ4v) is 5.42. The highest BCUT2D eigenvalue weighted by Gasteiger charge is 2.40. The summed E-state index contributed by atoms with van der Waals surface area (Å²) in [6.45, 7) is 3.06. The Balaban J connectivity index is 1.15. The van der Waals surface area contributed by atoms with Crippen LogP contribution in [0.2, 0.25) is 5.02 Å². The molecule has 34 heavy (non-hydrogen) atoms. The molecule has 2 heterocycles. The maximum absolute atomic E-state index is 13.1. The lowest BCUT2D eigenvalue weighted by Crippen LogP contribution is -2.69. The third kappa shape index (κ3) is 5.22. The van der Waals surface area contributed by atoms with Crippen LogP contribution in [0.3, 0.4) is 0 Å². The van der Waals surface area contributed by atoms with Gasteiger partial charge in [0.05, 0.1) is 5.92 Å². The van der Waals surface area contributed by atoms with Gasteiger partial charge in [0.1, 0.15) is 18.6 Å².